The number of aryl methyl sites for hydroxylation is 1. The Hall–Kier alpha value is -1.11. The van der Waals surface area contributed by atoms with E-state index in [2.05, 4.69) is 27.9 Å². The standard InChI is InChI=1S/C11H12INO3/c1-6-3-4-8(5-9(6)12)10(14)13-7(2)11(15)16/h3-5,7H,1-2H3,(H,13,14)(H,15,16)/t7-/m0/s1. The molecule has 1 atom stereocenters. The molecule has 0 fully saturated rings. The molecular weight excluding hydrogens is 321 g/mol. The summed E-state index contributed by atoms with van der Waals surface area (Å²) in [5.74, 6) is -1.41. The third-order valence-electron chi connectivity index (χ3n) is 2.15. The summed E-state index contributed by atoms with van der Waals surface area (Å²) in [4.78, 5) is 22.2. The topological polar surface area (TPSA) is 66.4 Å². The molecule has 0 heterocycles. The fourth-order valence-corrected chi connectivity index (χ4v) is 1.59. The van der Waals surface area contributed by atoms with Gasteiger partial charge in [0.2, 0.25) is 0 Å². The molecule has 0 saturated heterocycles. The molecule has 4 nitrogen and oxygen atoms in total. The lowest BCUT2D eigenvalue weighted by Crippen LogP contribution is -2.38. The highest BCUT2D eigenvalue weighted by atomic mass is 127. The molecule has 0 aromatic heterocycles. The largest absolute Gasteiger partial charge is 0.480 e. The Bertz CT molecular complexity index is 431. The third-order valence-corrected chi connectivity index (χ3v) is 3.31. The van der Waals surface area contributed by atoms with Gasteiger partial charge in [-0.2, -0.15) is 0 Å². The molecule has 2 N–H and O–H groups in total. The van der Waals surface area contributed by atoms with E-state index in [9.17, 15) is 9.59 Å². The summed E-state index contributed by atoms with van der Waals surface area (Å²) in [6.45, 7) is 3.38. The first-order valence-corrected chi connectivity index (χ1v) is 5.79. The zero-order valence-corrected chi connectivity index (χ0v) is 11.1. The highest BCUT2D eigenvalue weighted by molar-refractivity contribution is 14.1. The van der Waals surface area contributed by atoms with E-state index in [1.54, 1.807) is 12.1 Å². The summed E-state index contributed by atoms with van der Waals surface area (Å²) in [7, 11) is 0. The number of carbonyl (C=O) groups excluding carboxylic acids is 1. The average Bonchev–Trinajstić information content (AvgIpc) is 2.21. The van der Waals surface area contributed by atoms with Crippen LogP contribution < -0.4 is 5.32 Å². The van der Waals surface area contributed by atoms with E-state index < -0.39 is 12.0 Å². The van der Waals surface area contributed by atoms with Gasteiger partial charge in [-0.15, -0.1) is 0 Å². The minimum absolute atomic E-state index is 0.368. The Labute approximate surface area is 107 Å². The second-order valence-corrected chi connectivity index (χ2v) is 4.66. The van der Waals surface area contributed by atoms with E-state index in [0.717, 1.165) is 9.13 Å². The number of halogens is 1. The fraction of sp³-hybridized carbons (Fsp3) is 0.273. The SMILES string of the molecule is Cc1ccc(C(=O)N[C@@H](C)C(=O)O)cc1I. The average molecular weight is 333 g/mol. The number of amides is 1. The van der Waals surface area contributed by atoms with Crippen molar-refractivity contribution in [1.29, 1.82) is 0 Å². The Morgan fingerprint density at radius 1 is 1.44 bits per heavy atom. The van der Waals surface area contributed by atoms with Crippen molar-refractivity contribution in [2.24, 2.45) is 0 Å². The highest BCUT2D eigenvalue weighted by Gasteiger charge is 2.15. The molecule has 0 unspecified atom stereocenters. The van der Waals surface area contributed by atoms with E-state index in [-0.39, 0.29) is 5.91 Å². The molecule has 1 rings (SSSR count). The van der Waals surface area contributed by atoms with E-state index >= 15 is 0 Å². The van der Waals surface area contributed by atoms with Crippen molar-refractivity contribution in [2.45, 2.75) is 19.9 Å². The molecule has 86 valence electrons. The molecule has 0 saturated carbocycles. The van der Waals surface area contributed by atoms with Crippen LogP contribution in [0, 0.1) is 10.5 Å². The maximum Gasteiger partial charge on any atom is 0.325 e. The number of benzene rings is 1. The Kier molecular flexibility index (Phi) is 4.28. The maximum absolute atomic E-state index is 11.6. The molecule has 1 amide bonds. The van der Waals surface area contributed by atoms with Gasteiger partial charge in [0.1, 0.15) is 6.04 Å². The number of nitrogens with one attached hydrogen (secondary N) is 1. The number of aliphatic carboxylic acids is 1. The van der Waals surface area contributed by atoms with E-state index in [0.29, 0.717) is 5.56 Å². The van der Waals surface area contributed by atoms with E-state index in [1.807, 2.05) is 13.0 Å². The molecule has 5 heteroatoms. The van der Waals surface area contributed by atoms with Gasteiger partial charge in [-0.25, -0.2) is 0 Å². The Morgan fingerprint density at radius 2 is 2.06 bits per heavy atom. The van der Waals surface area contributed by atoms with Crippen LogP contribution in [0.15, 0.2) is 18.2 Å². The normalized spacial score (nSPS) is 11.9. The van der Waals surface area contributed by atoms with Gasteiger partial charge in [0.25, 0.3) is 5.91 Å². The molecule has 0 spiro atoms. The second kappa shape index (κ2) is 5.29. The van der Waals surface area contributed by atoms with Crippen LogP contribution in [0.2, 0.25) is 0 Å². The number of carboxylic acids is 1. The van der Waals surface area contributed by atoms with Gasteiger partial charge < -0.3 is 10.4 Å². The van der Waals surface area contributed by atoms with Crippen LogP contribution in [-0.2, 0) is 4.79 Å². The minimum Gasteiger partial charge on any atom is -0.480 e. The van der Waals surface area contributed by atoms with Crippen LogP contribution in [0.25, 0.3) is 0 Å². The summed E-state index contributed by atoms with van der Waals surface area (Å²) >= 11 is 2.13. The van der Waals surface area contributed by atoms with Gasteiger partial charge in [-0.1, -0.05) is 6.07 Å². The van der Waals surface area contributed by atoms with Crippen molar-refractivity contribution in [1.82, 2.24) is 5.32 Å². The highest BCUT2D eigenvalue weighted by Crippen LogP contribution is 2.13. The first kappa shape index (κ1) is 13.0. The fourth-order valence-electron chi connectivity index (χ4n) is 1.08. The maximum atomic E-state index is 11.6. The van der Waals surface area contributed by atoms with Crippen LogP contribution in [-0.4, -0.2) is 23.0 Å². The number of hydrogen-bond donors (Lipinski definition) is 2. The predicted octanol–water partition coefficient (Wildman–Crippen LogP) is 1.80. The number of carboxylic acid groups (broad SMARTS) is 1. The molecule has 0 bridgehead atoms. The van der Waals surface area contributed by atoms with Gasteiger partial charge in [0.05, 0.1) is 0 Å². The van der Waals surface area contributed by atoms with Gasteiger partial charge in [0.15, 0.2) is 0 Å². The first-order chi connectivity index (χ1) is 7.41. The first-order valence-electron chi connectivity index (χ1n) is 4.71. The molecule has 0 aliphatic rings. The van der Waals surface area contributed by atoms with Crippen LogP contribution in [0.3, 0.4) is 0 Å². The van der Waals surface area contributed by atoms with E-state index in [4.69, 9.17) is 5.11 Å². The Morgan fingerprint density at radius 3 is 2.56 bits per heavy atom. The lowest BCUT2D eigenvalue weighted by Gasteiger charge is -2.09. The molecule has 0 radical (unpaired) electrons. The van der Waals surface area contributed by atoms with Crippen molar-refractivity contribution >= 4 is 34.5 Å². The third kappa shape index (κ3) is 3.19. The van der Waals surface area contributed by atoms with Crippen LogP contribution >= 0.6 is 22.6 Å². The van der Waals surface area contributed by atoms with Crippen LogP contribution in [0.1, 0.15) is 22.8 Å². The van der Waals surface area contributed by atoms with Crippen molar-refractivity contribution in [3.8, 4) is 0 Å². The van der Waals surface area contributed by atoms with Crippen LogP contribution in [0.4, 0.5) is 0 Å². The minimum atomic E-state index is -1.05. The summed E-state index contributed by atoms with van der Waals surface area (Å²) in [5.41, 5.74) is 1.56. The quantitative estimate of drug-likeness (QED) is 0.829. The van der Waals surface area contributed by atoms with Crippen molar-refractivity contribution in [3.05, 3.63) is 32.9 Å². The molecular formula is C11H12INO3. The van der Waals surface area contributed by atoms with Gasteiger partial charge in [-0.3, -0.25) is 9.59 Å². The lowest BCUT2D eigenvalue weighted by molar-refractivity contribution is -0.138. The van der Waals surface area contributed by atoms with Gasteiger partial charge in [0, 0.05) is 9.13 Å². The predicted molar refractivity (Wildman–Crippen MR) is 68.5 cm³/mol. The smallest absolute Gasteiger partial charge is 0.325 e. The summed E-state index contributed by atoms with van der Waals surface area (Å²) in [5, 5.41) is 11.1. The summed E-state index contributed by atoms with van der Waals surface area (Å²) < 4.78 is 0.980. The molecule has 0 aliphatic heterocycles. The molecule has 16 heavy (non-hydrogen) atoms. The molecule has 1 aromatic rings. The monoisotopic (exact) mass is 333 g/mol. The molecule has 0 aliphatic carbocycles. The van der Waals surface area contributed by atoms with Crippen molar-refractivity contribution < 1.29 is 14.7 Å². The summed E-state index contributed by atoms with van der Waals surface area (Å²) in [6.07, 6.45) is 0. The van der Waals surface area contributed by atoms with Gasteiger partial charge >= 0.3 is 5.97 Å². The number of hydrogen-bond acceptors (Lipinski definition) is 2. The van der Waals surface area contributed by atoms with Crippen molar-refractivity contribution in [3.63, 3.8) is 0 Å². The Balaban J connectivity index is 2.81. The van der Waals surface area contributed by atoms with Crippen molar-refractivity contribution in [2.75, 3.05) is 0 Å². The zero-order valence-electron chi connectivity index (χ0n) is 8.95. The lowest BCUT2D eigenvalue weighted by atomic mass is 10.1. The van der Waals surface area contributed by atoms with E-state index in [1.165, 1.54) is 6.92 Å². The van der Waals surface area contributed by atoms with Gasteiger partial charge in [-0.05, 0) is 54.1 Å². The van der Waals surface area contributed by atoms with Crippen LogP contribution in [0.5, 0.6) is 0 Å². The number of rotatable bonds is 3. The zero-order chi connectivity index (χ0) is 12.3. The second-order valence-electron chi connectivity index (χ2n) is 3.50. The number of carbonyl (C=O) groups is 2. The summed E-state index contributed by atoms with van der Waals surface area (Å²) in [6, 6.07) is 4.37. The molecule has 1 aromatic carbocycles.